The average Bonchev–Trinajstić information content (AvgIpc) is 3.28. The van der Waals surface area contributed by atoms with Crippen LogP contribution in [0.3, 0.4) is 0 Å². The van der Waals surface area contributed by atoms with Gasteiger partial charge in [0.25, 0.3) is 5.91 Å². The van der Waals surface area contributed by atoms with Crippen LogP contribution in [0, 0.1) is 6.92 Å². The SMILES string of the molecule is Cc1nc(C(=O)N2CCC(=O)C[C@H]2CCC(=O)c2cccc3cccnc23)c(-c2ccccc2)s1. The van der Waals surface area contributed by atoms with E-state index in [1.807, 2.05) is 61.5 Å². The molecule has 5 rings (SSSR count). The molecule has 1 amide bonds. The van der Waals surface area contributed by atoms with E-state index in [9.17, 15) is 14.4 Å². The van der Waals surface area contributed by atoms with Gasteiger partial charge in [-0.2, -0.15) is 0 Å². The number of aromatic nitrogens is 2. The first-order valence-electron chi connectivity index (χ1n) is 11.7. The smallest absolute Gasteiger partial charge is 0.274 e. The van der Waals surface area contributed by atoms with Crippen molar-refractivity contribution < 1.29 is 14.4 Å². The van der Waals surface area contributed by atoms with E-state index in [-0.39, 0.29) is 36.4 Å². The minimum Gasteiger partial charge on any atom is -0.333 e. The van der Waals surface area contributed by atoms with E-state index in [0.717, 1.165) is 20.8 Å². The average molecular weight is 484 g/mol. The summed E-state index contributed by atoms with van der Waals surface area (Å²) >= 11 is 1.49. The molecule has 0 N–H and O–H groups in total. The summed E-state index contributed by atoms with van der Waals surface area (Å²) in [5.41, 5.74) is 2.62. The minimum atomic E-state index is -0.332. The van der Waals surface area contributed by atoms with Gasteiger partial charge in [-0.25, -0.2) is 4.98 Å². The van der Waals surface area contributed by atoms with E-state index in [0.29, 0.717) is 36.2 Å². The first-order valence-corrected chi connectivity index (χ1v) is 12.6. The number of pyridine rings is 1. The molecular formula is C28H25N3O3S. The molecule has 2 aromatic carbocycles. The minimum absolute atomic E-state index is 0.0331. The number of rotatable bonds is 6. The Balaban J connectivity index is 1.38. The van der Waals surface area contributed by atoms with Crippen molar-refractivity contribution in [3.05, 3.63) is 83.1 Å². The zero-order valence-corrected chi connectivity index (χ0v) is 20.3. The summed E-state index contributed by atoms with van der Waals surface area (Å²) in [6, 6.07) is 18.8. The third-order valence-electron chi connectivity index (χ3n) is 6.41. The number of carbonyl (C=O) groups excluding carboxylic acids is 3. The molecule has 1 fully saturated rings. The molecular weight excluding hydrogens is 458 g/mol. The molecule has 1 aliphatic heterocycles. The van der Waals surface area contributed by atoms with Gasteiger partial charge in [-0.15, -0.1) is 11.3 Å². The van der Waals surface area contributed by atoms with Crippen LogP contribution < -0.4 is 0 Å². The Morgan fingerprint density at radius 2 is 1.86 bits per heavy atom. The van der Waals surface area contributed by atoms with Gasteiger partial charge in [0.05, 0.1) is 15.4 Å². The summed E-state index contributed by atoms with van der Waals surface area (Å²) in [6.07, 6.45) is 2.92. The molecule has 0 aliphatic carbocycles. The molecule has 4 aromatic rings. The number of Topliss-reactive ketones (excluding diaryl/α,β-unsaturated/α-hetero) is 2. The van der Waals surface area contributed by atoms with Crippen molar-refractivity contribution in [3.63, 3.8) is 0 Å². The van der Waals surface area contributed by atoms with Crippen molar-refractivity contribution in [2.24, 2.45) is 0 Å². The van der Waals surface area contributed by atoms with Crippen LogP contribution in [0.2, 0.25) is 0 Å². The highest BCUT2D eigenvalue weighted by Gasteiger charge is 2.34. The number of fused-ring (bicyclic) bond motifs is 1. The zero-order valence-electron chi connectivity index (χ0n) is 19.4. The predicted octanol–water partition coefficient (Wildman–Crippen LogP) is 5.50. The number of hydrogen-bond acceptors (Lipinski definition) is 6. The fourth-order valence-electron chi connectivity index (χ4n) is 4.68. The van der Waals surface area contributed by atoms with Gasteiger partial charge in [-0.05, 0) is 31.0 Å². The number of para-hydroxylation sites is 1. The maximum absolute atomic E-state index is 13.7. The molecule has 1 saturated heterocycles. The number of thiazole rings is 1. The molecule has 35 heavy (non-hydrogen) atoms. The van der Waals surface area contributed by atoms with E-state index in [2.05, 4.69) is 9.97 Å². The molecule has 7 heteroatoms. The fraction of sp³-hybridized carbons (Fsp3) is 0.250. The summed E-state index contributed by atoms with van der Waals surface area (Å²) in [7, 11) is 0. The van der Waals surface area contributed by atoms with E-state index in [4.69, 9.17) is 0 Å². The van der Waals surface area contributed by atoms with E-state index >= 15 is 0 Å². The number of amides is 1. The van der Waals surface area contributed by atoms with Gasteiger partial charge in [0.2, 0.25) is 0 Å². The van der Waals surface area contributed by atoms with Crippen LogP contribution in [0.5, 0.6) is 0 Å². The molecule has 2 aromatic heterocycles. The van der Waals surface area contributed by atoms with Gasteiger partial charge in [0, 0.05) is 49.0 Å². The van der Waals surface area contributed by atoms with E-state index in [1.54, 1.807) is 17.2 Å². The molecule has 0 radical (unpaired) electrons. The highest BCUT2D eigenvalue weighted by molar-refractivity contribution is 7.15. The fourth-order valence-corrected chi connectivity index (χ4v) is 5.60. The van der Waals surface area contributed by atoms with Crippen LogP contribution in [0.25, 0.3) is 21.3 Å². The van der Waals surface area contributed by atoms with Crippen molar-refractivity contribution in [2.45, 2.75) is 38.6 Å². The number of carbonyl (C=O) groups is 3. The van der Waals surface area contributed by atoms with E-state index < -0.39 is 0 Å². The van der Waals surface area contributed by atoms with Crippen molar-refractivity contribution in [1.29, 1.82) is 0 Å². The van der Waals surface area contributed by atoms with Crippen molar-refractivity contribution in [2.75, 3.05) is 6.54 Å². The maximum atomic E-state index is 13.7. The molecule has 3 heterocycles. The highest BCUT2D eigenvalue weighted by Crippen LogP contribution is 2.32. The van der Waals surface area contributed by atoms with Gasteiger partial charge in [-0.3, -0.25) is 19.4 Å². The van der Waals surface area contributed by atoms with Crippen LogP contribution in [0.4, 0.5) is 0 Å². The van der Waals surface area contributed by atoms with Crippen molar-refractivity contribution in [3.8, 4) is 10.4 Å². The van der Waals surface area contributed by atoms with Crippen LogP contribution in [-0.4, -0.2) is 44.9 Å². The number of hydrogen-bond donors (Lipinski definition) is 0. The molecule has 0 saturated carbocycles. The first-order chi connectivity index (χ1) is 17.0. The van der Waals surface area contributed by atoms with Gasteiger partial charge in [-0.1, -0.05) is 48.5 Å². The quantitative estimate of drug-likeness (QED) is 0.338. The highest BCUT2D eigenvalue weighted by atomic mass is 32.1. The number of likely N-dealkylation sites (tertiary alicyclic amines) is 1. The van der Waals surface area contributed by atoms with Crippen LogP contribution >= 0.6 is 11.3 Å². The summed E-state index contributed by atoms with van der Waals surface area (Å²) in [6.45, 7) is 2.24. The van der Waals surface area contributed by atoms with Gasteiger partial charge in [0.1, 0.15) is 11.5 Å². The summed E-state index contributed by atoms with van der Waals surface area (Å²) in [5, 5.41) is 1.73. The van der Waals surface area contributed by atoms with Crippen LogP contribution in [0.1, 0.15) is 51.5 Å². The third kappa shape index (κ3) is 4.77. The lowest BCUT2D eigenvalue weighted by molar-refractivity contribution is -0.122. The second-order valence-electron chi connectivity index (χ2n) is 8.76. The van der Waals surface area contributed by atoms with Crippen molar-refractivity contribution >= 4 is 39.7 Å². The topological polar surface area (TPSA) is 80.2 Å². The molecule has 0 unspecified atom stereocenters. The first kappa shape index (κ1) is 23.1. The number of benzene rings is 2. The lowest BCUT2D eigenvalue weighted by Gasteiger charge is -2.35. The van der Waals surface area contributed by atoms with Crippen LogP contribution in [0.15, 0.2) is 66.9 Å². The van der Waals surface area contributed by atoms with E-state index in [1.165, 1.54) is 11.3 Å². The summed E-state index contributed by atoms with van der Waals surface area (Å²) in [4.78, 5) is 50.7. The molecule has 1 atom stereocenters. The number of aryl methyl sites for hydroxylation is 1. The Kier molecular flexibility index (Phi) is 6.51. The normalized spacial score (nSPS) is 16.0. The monoisotopic (exact) mass is 483 g/mol. The van der Waals surface area contributed by atoms with Gasteiger partial charge >= 0.3 is 0 Å². The molecule has 0 spiro atoms. The summed E-state index contributed by atoms with van der Waals surface area (Å²) in [5.74, 6) is -0.0877. The van der Waals surface area contributed by atoms with Gasteiger partial charge < -0.3 is 4.90 Å². The lowest BCUT2D eigenvalue weighted by Crippen LogP contribution is -2.46. The molecule has 1 aliphatic rings. The third-order valence-corrected chi connectivity index (χ3v) is 7.43. The lowest BCUT2D eigenvalue weighted by atomic mass is 9.93. The number of nitrogens with zero attached hydrogens (tertiary/aromatic N) is 3. The molecule has 176 valence electrons. The molecule has 6 nitrogen and oxygen atoms in total. The molecule has 0 bridgehead atoms. The standard InChI is InChI=1S/C28H25N3O3S/c1-18-30-26(27(35-18)20-7-3-2-4-8-20)28(34)31-16-14-22(32)17-21(31)12-13-24(33)23-11-5-9-19-10-6-15-29-25(19)23/h2-11,15,21H,12-14,16-17H2,1H3/t21-/m1/s1. The van der Waals surface area contributed by atoms with Gasteiger partial charge in [0.15, 0.2) is 5.78 Å². The Labute approximate surface area is 207 Å². The van der Waals surface area contributed by atoms with Crippen LogP contribution in [-0.2, 0) is 4.79 Å². The number of ketones is 2. The Morgan fingerprint density at radius 3 is 2.69 bits per heavy atom. The second kappa shape index (κ2) is 9.88. The maximum Gasteiger partial charge on any atom is 0.274 e. The van der Waals surface area contributed by atoms with Crippen molar-refractivity contribution in [1.82, 2.24) is 14.9 Å². The largest absolute Gasteiger partial charge is 0.333 e. The zero-order chi connectivity index (χ0) is 24.4. The predicted molar refractivity (Wildman–Crippen MR) is 137 cm³/mol. The Hall–Kier alpha value is -3.71. The summed E-state index contributed by atoms with van der Waals surface area (Å²) < 4.78 is 0. The Morgan fingerprint density at radius 1 is 1.06 bits per heavy atom. The number of piperidine rings is 1. The Bertz CT molecular complexity index is 1410. The second-order valence-corrected chi connectivity index (χ2v) is 9.97.